The van der Waals surface area contributed by atoms with Crippen LogP contribution in [0, 0.1) is 5.82 Å². The molecule has 0 saturated carbocycles. The van der Waals surface area contributed by atoms with Gasteiger partial charge in [-0.1, -0.05) is 18.2 Å². The molecule has 2 N–H and O–H groups in total. The number of nitrogens with zero attached hydrogens (tertiary/aromatic N) is 1. The average molecular weight is 290 g/mol. The Labute approximate surface area is 123 Å². The molecular weight excluding hydrogens is 271 g/mol. The van der Waals surface area contributed by atoms with Crippen LogP contribution in [-0.4, -0.2) is 18.0 Å². The molecule has 0 aliphatic heterocycles. The van der Waals surface area contributed by atoms with Gasteiger partial charge in [-0.3, -0.25) is 4.90 Å². The summed E-state index contributed by atoms with van der Waals surface area (Å²) >= 11 is 1.57. The molecule has 20 heavy (non-hydrogen) atoms. The Balaban J connectivity index is 2.45. The van der Waals surface area contributed by atoms with E-state index in [2.05, 4.69) is 18.1 Å². The summed E-state index contributed by atoms with van der Waals surface area (Å²) < 4.78 is 15.1. The van der Waals surface area contributed by atoms with E-state index in [1.165, 1.54) is 6.07 Å². The van der Waals surface area contributed by atoms with Crippen molar-refractivity contribution in [1.82, 2.24) is 4.90 Å². The van der Waals surface area contributed by atoms with E-state index in [1.54, 1.807) is 17.4 Å². The van der Waals surface area contributed by atoms with Gasteiger partial charge in [0.1, 0.15) is 5.82 Å². The van der Waals surface area contributed by atoms with Gasteiger partial charge in [-0.05, 0) is 17.7 Å². The molecule has 0 atom stereocenters. The third kappa shape index (κ3) is 2.98. The molecule has 0 bridgehead atoms. The fourth-order valence-electron chi connectivity index (χ4n) is 2.34. The Hall–Kier alpha value is -1.49. The number of hydrogen-bond donors (Lipinski definition) is 1. The van der Waals surface area contributed by atoms with Crippen molar-refractivity contribution in [2.45, 2.75) is 13.1 Å². The van der Waals surface area contributed by atoms with E-state index in [4.69, 9.17) is 5.73 Å². The number of hydrogen-bond acceptors (Lipinski definition) is 3. The van der Waals surface area contributed by atoms with Crippen LogP contribution in [0.25, 0.3) is 10.1 Å². The van der Waals surface area contributed by atoms with Gasteiger partial charge in [0.2, 0.25) is 0 Å². The van der Waals surface area contributed by atoms with Crippen molar-refractivity contribution >= 4 is 21.4 Å². The summed E-state index contributed by atoms with van der Waals surface area (Å²) in [5, 5.41) is 0.705. The highest BCUT2D eigenvalue weighted by Gasteiger charge is 2.16. The molecule has 106 valence electrons. The van der Waals surface area contributed by atoms with E-state index in [1.807, 2.05) is 18.2 Å². The van der Waals surface area contributed by atoms with Crippen molar-refractivity contribution in [3.63, 3.8) is 0 Å². The lowest BCUT2D eigenvalue weighted by atomic mass is 10.1. The van der Waals surface area contributed by atoms with Gasteiger partial charge < -0.3 is 5.73 Å². The summed E-state index contributed by atoms with van der Waals surface area (Å²) in [5.74, 6) is -0.175. The molecule has 2 nitrogen and oxygen atoms in total. The van der Waals surface area contributed by atoms with Crippen LogP contribution < -0.4 is 5.73 Å². The van der Waals surface area contributed by atoms with Crippen LogP contribution >= 0.6 is 11.3 Å². The highest BCUT2D eigenvalue weighted by molar-refractivity contribution is 7.19. The number of fused-ring (bicyclic) bond motifs is 1. The smallest absolute Gasteiger partial charge is 0.132 e. The molecule has 4 heteroatoms. The minimum absolute atomic E-state index is 0.175. The van der Waals surface area contributed by atoms with Gasteiger partial charge in [0, 0.05) is 41.1 Å². The Morgan fingerprint density at radius 1 is 1.25 bits per heavy atom. The van der Waals surface area contributed by atoms with Crippen LogP contribution in [0.1, 0.15) is 10.4 Å². The lowest BCUT2D eigenvalue weighted by molar-refractivity contribution is 0.328. The van der Waals surface area contributed by atoms with Crippen molar-refractivity contribution in [3.05, 3.63) is 59.8 Å². The van der Waals surface area contributed by atoms with Gasteiger partial charge in [-0.2, -0.15) is 0 Å². The zero-order valence-electron chi connectivity index (χ0n) is 11.4. The average Bonchev–Trinajstić information content (AvgIpc) is 2.79. The summed E-state index contributed by atoms with van der Waals surface area (Å²) in [4.78, 5) is 3.20. The van der Waals surface area contributed by atoms with Crippen LogP contribution in [0.2, 0.25) is 0 Å². The van der Waals surface area contributed by atoms with Gasteiger partial charge in [0.05, 0.1) is 0 Å². The number of nitrogens with two attached hydrogens (primary N) is 1. The largest absolute Gasteiger partial charge is 0.326 e. The van der Waals surface area contributed by atoms with Crippen molar-refractivity contribution in [2.24, 2.45) is 5.73 Å². The Bertz CT molecular complexity index is 608. The molecule has 0 aliphatic carbocycles. The predicted molar refractivity (Wildman–Crippen MR) is 85.3 cm³/mol. The summed E-state index contributed by atoms with van der Waals surface area (Å²) in [5.41, 5.74) is 6.81. The zero-order chi connectivity index (χ0) is 14.5. The molecule has 0 fully saturated rings. The fourth-order valence-corrected chi connectivity index (χ4v) is 3.45. The maximum Gasteiger partial charge on any atom is 0.132 e. The molecule has 1 aromatic heterocycles. The number of halogens is 1. The number of benzene rings is 1. The minimum Gasteiger partial charge on any atom is -0.326 e. The van der Waals surface area contributed by atoms with Crippen LogP contribution in [-0.2, 0) is 13.1 Å². The SMILES string of the molecule is C=CCN(CC=C)Cc1c(CN)sc2cccc(F)c12. The normalized spacial score (nSPS) is 11.2. The predicted octanol–water partition coefficient (Wildman–Crippen LogP) is 3.67. The molecule has 0 spiro atoms. The van der Waals surface area contributed by atoms with E-state index < -0.39 is 0 Å². The first-order chi connectivity index (χ1) is 9.71. The lowest BCUT2D eigenvalue weighted by Gasteiger charge is -2.19. The number of thiophene rings is 1. The van der Waals surface area contributed by atoms with E-state index in [0.29, 0.717) is 18.5 Å². The summed E-state index contributed by atoms with van der Waals surface area (Å²) in [6.45, 7) is 10.1. The van der Waals surface area contributed by atoms with E-state index >= 15 is 0 Å². The highest BCUT2D eigenvalue weighted by atomic mass is 32.1. The molecule has 0 unspecified atom stereocenters. The Kier molecular flexibility index (Phi) is 5.06. The third-order valence-electron chi connectivity index (χ3n) is 3.19. The van der Waals surface area contributed by atoms with Crippen molar-refractivity contribution in [1.29, 1.82) is 0 Å². The summed E-state index contributed by atoms with van der Waals surface area (Å²) in [7, 11) is 0. The van der Waals surface area contributed by atoms with E-state index in [9.17, 15) is 4.39 Å². The third-order valence-corrected chi connectivity index (χ3v) is 4.41. The molecule has 0 radical (unpaired) electrons. The van der Waals surface area contributed by atoms with Crippen LogP contribution in [0.4, 0.5) is 4.39 Å². The maximum atomic E-state index is 14.1. The summed E-state index contributed by atoms with van der Waals surface area (Å²) in [6.07, 6.45) is 3.69. The second kappa shape index (κ2) is 6.79. The second-order valence-electron chi connectivity index (χ2n) is 4.59. The monoisotopic (exact) mass is 290 g/mol. The fraction of sp³-hybridized carbons (Fsp3) is 0.250. The van der Waals surface area contributed by atoms with Crippen molar-refractivity contribution < 1.29 is 4.39 Å². The minimum atomic E-state index is -0.175. The first-order valence-corrected chi connectivity index (χ1v) is 7.35. The van der Waals surface area contributed by atoms with Crippen molar-refractivity contribution in [3.8, 4) is 0 Å². The van der Waals surface area contributed by atoms with Gasteiger partial charge in [0.15, 0.2) is 0 Å². The molecule has 1 aromatic carbocycles. The summed E-state index contributed by atoms with van der Waals surface area (Å²) in [6, 6.07) is 5.19. The molecule has 1 heterocycles. The lowest BCUT2D eigenvalue weighted by Crippen LogP contribution is -2.24. The molecule has 2 aromatic rings. The van der Waals surface area contributed by atoms with Gasteiger partial charge in [0.25, 0.3) is 0 Å². The molecule has 2 rings (SSSR count). The van der Waals surface area contributed by atoms with Gasteiger partial charge in [-0.15, -0.1) is 24.5 Å². The Morgan fingerprint density at radius 3 is 2.55 bits per heavy atom. The number of rotatable bonds is 7. The molecular formula is C16H19FN2S. The first kappa shape index (κ1) is 14.9. The van der Waals surface area contributed by atoms with Crippen LogP contribution in [0.3, 0.4) is 0 Å². The molecule has 0 aliphatic rings. The van der Waals surface area contributed by atoms with Crippen LogP contribution in [0.5, 0.6) is 0 Å². The second-order valence-corrected chi connectivity index (χ2v) is 5.73. The van der Waals surface area contributed by atoms with E-state index in [-0.39, 0.29) is 5.82 Å². The Morgan fingerprint density at radius 2 is 1.95 bits per heavy atom. The zero-order valence-corrected chi connectivity index (χ0v) is 12.3. The quantitative estimate of drug-likeness (QED) is 0.788. The molecule has 0 saturated heterocycles. The van der Waals surface area contributed by atoms with E-state index in [0.717, 1.165) is 28.2 Å². The molecule has 0 amide bonds. The maximum absolute atomic E-state index is 14.1. The highest BCUT2D eigenvalue weighted by Crippen LogP contribution is 2.33. The van der Waals surface area contributed by atoms with Gasteiger partial charge >= 0.3 is 0 Å². The van der Waals surface area contributed by atoms with Gasteiger partial charge in [-0.25, -0.2) is 4.39 Å². The van der Waals surface area contributed by atoms with Crippen molar-refractivity contribution in [2.75, 3.05) is 13.1 Å². The topological polar surface area (TPSA) is 29.3 Å². The standard InChI is InChI=1S/C16H19FN2S/c1-3-8-19(9-4-2)11-12-15(10-18)20-14-7-5-6-13(17)16(12)14/h3-7H,1-2,8-11,18H2. The first-order valence-electron chi connectivity index (χ1n) is 6.54. The van der Waals surface area contributed by atoms with Crippen LogP contribution in [0.15, 0.2) is 43.5 Å².